The lowest BCUT2D eigenvalue weighted by molar-refractivity contribution is -1.08. The molecule has 2 bridgehead atoms. The number of alkyl halides is 1. The number of thioether (sulfide) groups is 1. The number of anilines is 1. The van der Waals surface area contributed by atoms with Crippen molar-refractivity contribution in [3.8, 4) is 11.3 Å². The fourth-order valence-corrected chi connectivity index (χ4v) is 10.1. The molecule has 274 valence electrons. The molecule has 4 saturated heterocycles. The predicted molar refractivity (Wildman–Crippen MR) is 192 cm³/mol. The van der Waals surface area contributed by atoms with E-state index < -0.39 is 36.5 Å². The number of primary amides is 1. The normalized spacial score (nSPS) is 25.4. The van der Waals surface area contributed by atoms with Crippen LogP contribution < -0.4 is 16.8 Å². The van der Waals surface area contributed by atoms with Gasteiger partial charge in [-0.2, -0.15) is 0 Å². The highest BCUT2D eigenvalue weighted by Gasteiger charge is 2.54. The third-order valence-electron chi connectivity index (χ3n) is 10.3. The smallest absolute Gasteiger partial charge is 0.353 e. The van der Waals surface area contributed by atoms with Gasteiger partial charge in [-0.3, -0.25) is 19.3 Å². The van der Waals surface area contributed by atoms with E-state index in [4.69, 9.17) is 21.3 Å². The fraction of sp³-hybridized carbons (Fsp3) is 0.424. The first-order valence-corrected chi connectivity index (χ1v) is 19.4. The third kappa shape index (κ3) is 7.14. The minimum atomic E-state index is -1.25. The molecule has 8 rings (SSSR count). The van der Waals surface area contributed by atoms with E-state index in [-0.39, 0.29) is 34.7 Å². The molecule has 0 spiro atoms. The standard InChI is InChI=1S/C33H36FN9O6S3/c34-7-14-49-40-26(22-18-50-32(36)37-22)29(45)39-27-23-5-6-24(28(31(47)48)41(23)30(27)46)52-33-38-21(17-51-33)20-3-1-19(2-4-20)15-42-8-11-43(12-9-42,13-10-42)16-25(35)44/h1-4,17-18,23,27H,5-16H2,(H4-2,35,36,37,39,44,45,47,48)/p+2/b40-26-/t23-,27+,42?,43?/m1/s1. The van der Waals surface area contributed by atoms with Crippen molar-refractivity contribution in [2.45, 2.75) is 35.8 Å². The zero-order valence-electron chi connectivity index (χ0n) is 28.0. The number of halogens is 1. The number of nitrogen functional groups attached to an aromatic ring is 1. The van der Waals surface area contributed by atoms with E-state index >= 15 is 0 Å². The number of quaternary nitrogens is 2. The lowest BCUT2D eigenvalue weighted by atomic mass is 9.86. The number of piperazine rings is 3. The van der Waals surface area contributed by atoms with E-state index in [2.05, 4.69) is 39.7 Å². The van der Waals surface area contributed by atoms with Crippen LogP contribution in [-0.2, 0) is 30.6 Å². The topological polar surface area (TPSA) is 203 Å². The maximum atomic E-state index is 13.3. The van der Waals surface area contributed by atoms with Crippen molar-refractivity contribution in [3.63, 3.8) is 0 Å². The number of aromatic nitrogens is 2. The molecule has 15 nitrogen and oxygen atoms in total. The number of rotatable bonds is 14. The quantitative estimate of drug-likeness (QED) is 0.0615. The second-order valence-electron chi connectivity index (χ2n) is 13.5. The number of nitrogens with one attached hydrogen (secondary N) is 1. The number of nitrogens with zero attached hydrogens (tertiary/aromatic N) is 6. The number of carboxylic acid groups (broad SMARTS) is 1. The van der Waals surface area contributed by atoms with Crippen LogP contribution in [0.4, 0.5) is 9.52 Å². The van der Waals surface area contributed by atoms with Crippen LogP contribution in [0.15, 0.2) is 55.1 Å². The van der Waals surface area contributed by atoms with Crippen molar-refractivity contribution in [1.29, 1.82) is 0 Å². The zero-order valence-corrected chi connectivity index (χ0v) is 30.5. The number of benzene rings is 1. The van der Waals surface area contributed by atoms with Gasteiger partial charge in [-0.05, 0) is 12.8 Å². The third-order valence-corrected chi connectivity index (χ3v) is 13.0. The average Bonchev–Trinajstić information content (AvgIpc) is 3.78. The highest BCUT2D eigenvalue weighted by atomic mass is 32.2. The molecule has 5 aliphatic rings. The number of nitrogens with two attached hydrogens (primary N) is 2. The molecule has 0 aliphatic carbocycles. The number of fused-ring (bicyclic) bond motifs is 4. The Balaban J connectivity index is 0.993. The van der Waals surface area contributed by atoms with Crippen LogP contribution >= 0.6 is 34.4 Å². The summed E-state index contributed by atoms with van der Waals surface area (Å²) < 4.78 is 15.1. The van der Waals surface area contributed by atoms with Crippen LogP contribution in [0.25, 0.3) is 11.3 Å². The van der Waals surface area contributed by atoms with E-state index in [0.29, 0.717) is 28.6 Å². The van der Waals surface area contributed by atoms with Gasteiger partial charge < -0.3 is 35.7 Å². The van der Waals surface area contributed by atoms with Crippen molar-refractivity contribution in [2.24, 2.45) is 10.9 Å². The minimum Gasteiger partial charge on any atom is -0.477 e. The molecule has 5 aliphatic heterocycles. The van der Waals surface area contributed by atoms with Crippen molar-refractivity contribution in [3.05, 3.63) is 56.9 Å². The van der Waals surface area contributed by atoms with E-state index in [1.165, 1.54) is 38.9 Å². The summed E-state index contributed by atoms with van der Waals surface area (Å²) >= 11 is 3.71. The van der Waals surface area contributed by atoms with Gasteiger partial charge in [0.1, 0.15) is 76.5 Å². The average molecular weight is 772 g/mol. The molecule has 0 unspecified atom stereocenters. The van der Waals surface area contributed by atoms with Gasteiger partial charge in [-0.15, -0.1) is 22.7 Å². The lowest BCUT2D eigenvalue weighted by Crippen LogP contribution is -2.75. The van der Waals surface area contributed by atoms with Crippen molar-refractivity contribution < 1.29 is 42.5 Å². The van der Waals surface area contributed by atoms with Gasteiger partial charge in [0, 0.05) is 26.8 Å². The molecule has 2 aromatic heterocycles. The van der Waals surface area contributed by atoms with Crippen LogP contribution in [0.2, 0.25) is 0 Å². The van der Waals surface area contributed by atoms with Gasteiger partial charge in [0.2, 0.25) is 0 Å². The van der Waals surface area contributed by atoms with Gasteiger partial charge in [0.15, 0.2) is 21.7 Å². The SMILES string of the molecule is NC(=O)C[N+]12CC[N+](Cc3ccc(-c4csc(SC5=C(C(=O)O)N6C(=O)[C@@H](NC(=O)/C(=N\OCCF)c7csc(N)n7)[C@H]6CC5)n4)cc3)(CC1)CC2. The van der Waals surface area contributed by atoms with Gasteiger partial charge in [0.05, 0.1) is 11.7 Å². The Morgan fingerprint density at radius 3 is 2.42 bits per heavy atom. The monoisotopic (exact) mass is 771 g/mol. The molecule has 19 heteroatoms. The van der Waals surface area contributed by atoms with Gasteiger partial charge in [-0.25, -0.2) is 19.2 Å². The minimum absolute atomic E-state index is 0.108. The van der Waals surface area contributed by atoms with Crippen molar-refractivity contribution in [1.82, 2.24) is 20.2 Å². The summed E-state index contributed by atoms with van der Waals surface area (Å²) in [4.78, 5) is 66.0. The summed E-state index contributed by atoms with van der Waals surface area (Å²) in [5, 5.41) is 20.1. The van der Waals surface area contributed by atoms with E-state index in [1.807, 2.05) is 5.38 Å². The molecule has 3 aromatic rings. The Labute approximate surface area is 310 Å². The summed E-state index contributed by atoms with van der Waals surface area (Å²) in [5.41, 5.74) is 13.9. The second-order valence-corrected chi connectivity index (χ2v) is 16.6. The number of amides is 3. The number of oxime groups is 1. The fourth-order valence-electron chi connectivity index (χ4n) is 7.54. The van der Waals surface area contributed by atoms with Crippen molar-refractivity contribution in [2.75, 3.05) is 64.8 Å². The number of allylic oxidation sites excluding steroid dienone is 1. The van der Waals surface area contributed by atoms with Crippen LogP contribution in [0, 0.1) is 0 Å². The number of thiazole rings is 2. The molecule has 1 aromatic carbocycles. The highest BCUT2D eigenvalue weighted by Crippen LogP contribution is 2.44. The molecule has 4 fully saturated rings. The summed E-state index contributed by atoms with van der Waals surface area (Å²) in [6.45, 7) is 6.20. The zero-order chi connectivity index (χ0) is 36.6. The number of β-lactam (4-membered cyclic amide) rings is 1. The van der Waals surface area contributed by atoms with E-state index in [0.717, 1.165) is 77.4 Å². The first-order chi connectivity index (χ1) is 25.0. The number of carboxylic acids is 1. The first kappa shape index (κ1) is 36.0. The van der Waals surface area contributed by atoms with Gasteiger partial charge >= 0.3 is 5.97 Å². The molecular formula is C33H38FN9O6S3+2. The molecule has 7 heterocycles. The number of hydrogen-bond acceptors (Lipinski definition) is 12. The lowest BCUT2D eigenvalue weighted by Gasteiger charge is -2.55. The summed E-state index contributed by atoms with van der Waals surface area (Å²) in [5.74, 6) is -2.82. The Hall–Kier alpha value is -4.43. The summed E-state index contributed by atoms with van der Waals surface area (Å²) in [6.07, 6.45) is 0.775. The first-order valence-electron chi connectivity index (χ1n) is 16.8. The Kier molecular flexibility index (Phi) is 10.0. The maximum absolute atomic E-state index is 13.3. The van der Waals surface area contributed by atoms with E-state index in [1.54, 1.807) is 0 Å². The number of aliphatic carboxylic acids is 1. The predicted octanol–water partition coefficient (Wildman–Crippen LogP) is 1.76. The molecule has 0 saturated carbocycles. The van der Waals surface area contributed by atoms with Gasteiger partial charge in [0.25, 0.3) is 17.7 Å². The van der Waals surface area contributed by atoms with E-state index in [9.17, 15) is 28.7 Å². The molecular weight excluding hydrogens is 734 g/mol. The number of hydrogen-bond donors (Lipinski definition) is 4. The molecule has 2 atom stereocenters. The van der Waals surface area contributed by atoms with Crippen LogP contribution in [0.3, 0.4) is 0 Å². The Morgan fingerprint density at radius 1 is 1.08 bits per heavy atom. The molecule has 52 heavy (non-hydrogen) atoms. The molecule has 3 amide bonds. The number of carbonyl (C=O) groups excluding carboxylic acids is 3. The van der Waals surface area contributed by atoms with Gasteiger partial charge in [-0.1, -0.05) is 41.2 Å². The van der Waals surface area contributed by atoms with Crippen LogP contribution in [0.1, 0.15) is 24.1 Å². The highest BCUT2D eigenvalue weighted by molar-refractivity contribution is 8.04. The summed E-state index contributed by atoms with van der Waals surface area (Å²) in [6, 6.07) is 6.82. The maximum Gasteiger partial charge on any atom is 0.353 e. The largest absolute Gasteiger partial charge is 0.477 e. The Bertz CT molecular complexity index is 1940. The summed E-state index contributed by atoms with van der Waals surface area (Å²) in [7, 11) is 0. The van der Waals surface area contributed by atoms with Crippen LogP contribution in [0.5, 0.6) is 0 Å². The number of carbonyl (C=O) groups is 4. The van der Waals surface area contributed by atoms with Crippen molar-refractivity contribution >= 4 is 69.0 Å². The van der Waals surface area contributed by atoms with Crippen LogP contribution in [-0.4, -0.2) is 130 Å². The molecule has 0 radical (unpaired) electrons. The molecule has 6 N–H and O–H groups in total. The Morgan fingerprint density at radius 2 is 1.79 bits per heavy atom. The second kappa shape index (κ2) is 14.5.